The SMILES string of the molecule is COc1ccc(C=NNC(=O)CC(=O)Nc2cccc(Cl)c2)c(OC)c1. The first-order valence-electron chi connectivity index (χ1n) is 7.61. The van der Waals surface area contributed by atoms with Crippen LogP contribution in [0.15, 0.2) is 47.6 Å². The van der Waals surface area contributed by atoms with Crippen LogP contribution in [0.5, 0.6) is 11.5 Å². The Morgan fingerprint density at radius 3 is 2.62 bits per heavy atom. The Morgan fingerprint density at radius 2 is 1.92 bits per heavy atom. The van der Waals surface area contributed by atoms with Crippen molar-refractivity contribution in [2.24, 2.45) is 5.10 Å². The highest BCUT2D eigenvalue weighted by Gasteiger charge is 2.09. The number of carbonyl (C=O) groups is 2. The number of hydrazone groups is 1. The van der Waals surface area contributed by atoms with Gasteiger partial charge in [-0.2, -0.15) is 5.10 Å². The molecule has 7 nitrogen and oxygen atoms in total. The topological polar surface area (TPSA) is 89.0 Å². The molecule has 0 spiro atoms. The Bertz CT molecular complexity index is 824. The Balaban J connectivity index is 1.88. The fraction of sp³-hybridized carbons (Fsp3) is 0.167. The summed E-state index contributed by atoms with van der Waals surface area (Å²) in [5.41, 5.74) is 3.46. The Morgan fingerprint density at radius 1 is 1.12 bits per heavy atom. The van der Waals surface area contributed by atoms with Crippen LogP contribution in [-0.4, -0.2) is 32.2 Å². The molecule has 2 aromatic carbocycles. The molecule has 8 heteroatoms. The molecule has 0 aliphatic rings. The summed E-state index contributed by atoms with van der Waals surface area (Å²) >= 11 is 5.84. The van der Waals surface area contributed by atoms with E-state index in [2.05, 4.69) is 15.8 Å². The average Bonchev–Trinajstić information content (AvgIpc) is 2.61. The summed E-state index contributed by atoms with van der Waals surface area (Å²) in [7, 11) is 3.07. The molecule has 0 radical (unpaired) electrons. The fourth-order valence-corrected chi connectivity index (χ4v) is 2.25. The zero-order valence-corrected chi connectivity index (χ0v) is 15.0. The first-order chi connectivity index (χ1) is 12.5. The van der Waals surface area contributed by atoms with Crippen molar-refractivity contribution in [2.75, 3.05) is 19.5 Å². The van der Waals surface area contributed by atoms with Crippen molar-refractivity contribution in [3.05, 3.63) is 53.1 Å². The average molecular weight is 376 g/mol. The second kappa shape index (κ2) is 9.43. The summed E-state index contributed by atoms with van der Waals surface area (Å²) in [5, 5.41) is 6.91. The van der Waals surface area contributed by atoms with Gasteiger partial charge in [0.05, 0.1) is 20.4 Å². The van der Waals surface area contributed by atoms with Crippen LogP contribution in [0.2, 0.25) is 5.02 Å². The summed E-state index contributed by atoms with van der Waals surface area (Å²) in [4.78, 5) is 23.6. The van der Waals surface area contributed by atoms with Gasteiger partial charge in [-0.15, -0.1) is 0 Å². The number of amides is 2. The van der Waals surface area contributed by atoms with Gasteiger partial charge in [0, 0.05) is 22.3 Å². The van der Waals surface area contributed by atoms with Gasteiger partial charge in [-0.3, -0.25) is 9.59 Å². The van der Waals surface area contributed by atoms with Crippen molar-refractivity contribution in [1.82, 2.24) is 5.43 Å². The third-order valence-corrected chi connectivity index (χ3v) is 3.50. The Kier molecular flexibility index (Phi) is 6.99. The molecule has 26 heavy (non-hydrogen) atoms. The lowest BCUT2D eigenvalue weighted by Crippen LogP contribution is -2.24. The second-order valence-electron chi connectivity index (χ2n) is 5.14. The highest BCUT2D eigenvalue weighted by Crippen LogP contribution is 2.23. The number of ether oxygens (including phenoxy) is 2. The molecule has 0 fully saturated rings. The number of methoxy groups -OCH3 is 2. The van der Waals surface area contributed by atoms with Gasteiger partial charge in [-0.1, -0.05) is 17.7 Å². The molecule has 0 saturated heterocycles. The molecule has 0 heterocycles. The van der Waals surface area contributed by atoms with E-state index in [9.17, 15) is 9.59 Å². The summed E-state index contributed by atoms with van der Waals surface area (Å²) in [6, 6.07) is 11.8. The van der Waals surface area contributed by atoms with Crippen LogP contribution in [0.3, 0.4) is 0 Å². The highest BCUT2D eigenvalue weighted by molar-refractivity contribution is 6.30. The van der Waals surface area contributed by atoms with Crippen LogP contribution >= 0.6 is 11.6 Å². The van der Waals surface area contributed by atoms with Crippen molar-refractivity contribution in [3.63, 3.8) is 0 Å². The van der Waals surface area contributed by atoms with Crippen LogP contribution in [0.4, 0.5) is 5.69 Å². The highest BCUT2D eigenvalue weighted by atomic mass is 35.5. The van der Waals surface area contributed by atoms with Crippen molar-refractivity contribution in [1.29, 1.82) is 0 Å². The Labute approximate surface area is 155 Å². The van der Waals surface area contributed by atoms with Gasteiger partial charge in [0.25, 0.3) is 0 Å². The number of halogens is 1. The maximum absolute atomic E-state index is 11.8. The van der Waals surface area contributed by atoms with E-state index in [1.54, 1.807) is 49.6 Å². The van der Waals surface area contributed by atoms with Gasteiger partial charge in [0.1, 0.15) is 17.9 Å². The number of hydrogen-bond acceptors (Lipinski definition) is 5. The minimum atomic E-state index is -0.548. The molecule has 2 N–H and O–H groups in total. The summed E-state index contributed by atoms with van der Waals surface area (Å²) in [5.74, 6) is 0.164. The van der Waals surface area contributed by atoms with Gasteiger partial charge in [0.2, 0.25) is 11.8 Å². The van der Waals surface area contributed by atoms with Crippen molar-refractivity contribution >= 4 is 35.3 Å². The Hall–Kier alpha value is -3.06. The number of rotatable bonds is 7. The van der Waals surface area contributed by atoms with E-state index in [1.165, 1.54) is 13.3 Å². The standard InChI is InChI=1S/C18H18ClN3O4/c1-25-15-7-6-12(16(9-15)26-2)11-20-22-18(24)10-17(23)21-14-5-3-4-13(19)8-14/h3-9,11H,10H2,1-2H3,(H,21,23)(H,22,24). The minimum Gasteiger partial charge on any atom is -0.497 e. The summed E-state index contributed by atoms with van der Waals surface area (Å²) in [6.45, 7) is 0. The molecular weight excluding hydrogens is 358 g/mol. The maximum Gasteiger partial charge on any atom is 0.249 e. The molecule has 0 atom stereocenters. The lowest BCUT2D eigenvalue weighted by atomic mass is 10.2. The quantitative estimate of drug-likeness (QED) is 0.442. The second-order valence-corrected chi connectivity index (χ2v) is 5.57. The molecular formula is C18H18ClN3O4. The number of nitrogens with one attached hydrogen (secondary N) is 2. The monoisotopic (exact) mass is 375 g/mol. The zero-order valence-electron chi connectivity index (χ0n) is 14.3. The van der Waals surface area contributed by atoms with Gasteiger partial charge >= 0.3 is 0 Å². The zero-order chi connectivity index (χ0) is 18.9. The minimum absolute atomic E-state index is 0.371. The smallest absolute Gasteiger partial charge is 0.249 e. The first kappa shape index (κ1) is 19.3. The molecule has 0 saturated carbocycles. The molecule has 0 bridgehead atoms. The van der Waals surface area contributed by atoms with E-state index in [1.807, 2.05) is 0 Å². The van der Waals surface area contributed by atoms with E-state index >= 15 is 0 Å². The lowest BCUT2D eigenvalue weighted by Gasteiger charge is -2.07. The molecule has 0 unspecified atom stereocenters. The maximum atomic E-state index is 11.8. The number of carbonyl (C=O) groups excluding carboxylic acids is 2. The normalized spacial score (nSPS) is 10.4. The molecule has 2 amide bonds. The third-order valence-electron chi connectivity index (χ3n) is 3.26. The first-order valence-corrected chi connectivity index (χ1v) is 7.99. The molecule has 0 aliphatic heterocycles. The van der Waals surface area contributed by atoms with Crippen molar-refractivity contribution in [3.8, 4) is 11.5 Å². The van der Waals surface area contributed by atoms with E-state index in [0.717, 1.165) is 0 Å². The molecule has 2 aromatic rings. The fourth-order valence-electron chi connectivity index (χ4n) is 2.06. The van der Waals surface area contributed by atoms with E-state index in [0.29, 0.717) is 27.8 Å². The predicted molar refractivity (Wildman–Crippen MR) is 100.0 cm³/mol. The lowest BCUT2D eigenvalue weighted by molar-refractivity contribution is -0.126. The number of benzene rings is 2. The van der Waals surface area contributed by atoms with Crippen molar-refractivity contribution in [2.45, 2.75) is 6.42 Å². The van der Waals surface area contributed by atoms with Gasteiger partial charge < -0.3 is 14.8 Å². The molecule has 0 aromatic heterocycles. The van der Waals surface area contributed by atoms with E-state index < -0.39 is 11.8 Å². The van der Waals surface area contributed by atoms with Crippen LogP contribution < -0.4 is 20.2 Å². The molecule has 2 rings (SSSR count). The summed E-state index contributed by atoms with van der Waals surface area (Å²) in [6.07, 6.45) is 1.05. The molecule has 0 aliphatic carbocycles. The largest absolute Gasteiger partial charge is 0.497 e. The van der Waals surface area contributed by atoms with E-state index in [4.69, 9.17) is 21.1 Å². The number of nitrogens with zero attached hydrogens (tertiary/aromatic N) is 1. The number of anilines is 1. The van der Waals surface area contributed by atoms with Crippen molar-refractivity contribution < 1.29 is 19.1 Å². The third kappa shape index (κ3) is 5.78. The predicted octanol–water partition coefficient (Wildman–Crippen LogP) is 2.84. The van der Waals surface area contributed by atoms with Crippen LogP contribution in [0.25, 0.3) is 0 Å². The van der Waals surface area contributed by atoms with Gasteiger partial charge in [0.15, 0.2) is 0 Å². The van der Waals surface area contributed by atoms with Gasteiger partial charge in [-0.25, -0.2) is 5.43 Å². The van der Waals surface area contributed by atoms with E-state index in [-0.39, 0.29) is 6.42 Å². The number of hydrogen-bond donors (Lipinski definition) is 2. The van der Waals surface area contributed by atoms with Crippen LogP contribution in [0, 0.1) is 0 Å². The van der Waals surface area contributed by atoms with Crippen LogP contribution in [-0.2, 0) is 9.59 Å². The summed E-state index contributed by atoms with van der Waals surface area (Å²) < 4.78 is 10.3. The van der Waals surface area contributed by atoms with Gasteiger partial charge in [-0.05, 0) is 30.3 Å². The molecule has 136 valence electrons. The van der Waals surface area contributed by atoms with Crippen LogP contribution in [0.1, 0.15) is 12.0 Å².